The van der Waals surface area contributed by atoms with Gasteiger partial charge in [-0.1, -0.05) is 11.6 Å². The lowest BCUT2D eigenvalue weighted by molar-refractivity contribution is -0.115. The highest BCUT2D eigenvalue weighted by molar-refractivity contribution is 6.31. The molecule has 1 amide bonds. The van der Waals surface area contributed by atoms with Crippen molar-refractivity contribution in [1.29, 1.82) is 5.26 Å². The van der Waals surface area contributed by atoms with Crippen molar-refractivity contribution < 1.29 is 4.79 Å². The molecular weight excluding hydrogens is 250 g/mol. The molecule has 0 unspecified atom stereocenters. The van der Waals surface area contributed by atoms with Gasteiger partial charge in [-0.25, -0.2) is 0 Å². The molecule has 1 aromatic rings. The van der Waals surface area contributed by atoms with Crippen molar-refractivity contribution in [2.45, 2.75) is 19.3 Å². The van der Waals surface area contributed by atoms with Gasteiger partial charge in [-0.2, -0.15) is 5.26 Å². The van der Waals surface area contributed by atoms with Crippen LogP contribution in [0.3, 0.4) is 0 Å². The van der Waals surface area contributed by atoms with Gasteiger partial charge in [-0.15, -0.1) is 0 Å². The van der Waals surface area contributed by atoms with E-state index in [1.165, 1.54) is 0 Å². The van der Waals surface area contributed by atoms with E-state index < -0.39 is 0 Å². The first-order valence-electron chi connectivity index (χ1n) is 5.92. The molecule has 5 heteroatoms. The van der Waals surface area contributed by atoms with E-state index in [1.807, 2.05) is 18.2 Å². The fourth-order valence-electron chi connectivity index (χ4n) is 2.11. The minimum atomic E-state index is -0.305. The standard InChI is InChI=1S/C13H14ClN3O/c14-10-3-4-12(17-7-1-2-8-17)11(9-10)16-13(18)5-6-15/h3-4,9H,1-2,5,7-8H2,(H,16,18). The second-order valence-electron chi connectivity index (χ2n) is 4.24. The highest BCUT2D eigenvalue weighted by Gasteiger charge is 2.17. The summed E-state index contributed by atoms with van der Waals surface area (Å²) in [6.07, 6.45) is 2.17. The molecule has 18 heavy (non-hydrogen) atoms. The first kappa shape index (κ1) is 12.7. The summed E-state index contributed by atoms with van der Waals surface area (Å²) in [5.74, 6) is -0.305. The third kappa shape index (κ3) is 2.93. The molecule has 1 aliphatic heterocycles. The van der Waals surface area contributed by atoms with E-state index in [2.05, 4.69) is 10.2 Å². The van der Waals surface area contributed by atoms with Gasteiger partial charge in [0.05, 0.1) is 17.4 Å². The summed E-state index contributed by atoms with van der Waals surface area (Å²) in [5, 5.41) is 11.8. The van der Waals surface area contributed by atoms with Crippen LogP contribution in [0.2, 0.25) is 5.02 Å². The smallest absolute Gasteiger partial charge is 0.238 e. The van der Waals surface area contributed by atoms with Crippen LogP contribution in [0.1, 0.15) is 19.3 Å². The van der Waals surface area contributed by atoms with Crippen LogP contribution in [0.15, 0.2) is 18.2 Å². The van der Waals surface area contributed by atoms with E-state index >= 15 is 0 Å². The number of nitrogens with zero attached hydrogens (tertiary/aromatic N) is 2. The number of halogens is 1. The van der Waals surface area contributed by atoms with Crippen molar-refractivity contribution in [2.75, 3.05) is 23.3 Å². The van der Waals surface area contributed by atoms with E-state index in [9.17, 15) is 4.79 Å². The van der Waals surface area contributed by atoms with Crippen LogP contribution in [0.4, 0.5) is 11.4 Å². The van der Waals surface area contributed by atoms with Gasteiger partial charge in [0, 0.05) is 18.1 Å². The second kappa shape index (κ2) is 5.74. The van der Waals surface area contributed by atoms with Gasteiger partial charge in [-0.3, -0.25) is 4.79 Å². The maximum atomic E-state index is 11.5. The summed E-state index contributed by atoms with van der Waals surface area (Å²) in [6, 6.07) is 7.29. The first-order valence-corrected chi connectivity index (χ1v) is 6.30. The fraction of sp³-hybridized carbons (Fsp3) is 0.385. The summed E-state index contributed by atoms with van der Waals surface area (Å²) in [6.45, 7) is 1.98. The summed E-state index contributed by atoms with van der Waals surface area (Å²) in [7, 11) is 0. The molecule has 0 radical (unpaired) electrons. The lowest BCUT2D eigenvalue weighted by atomic mass is 10.2. The molecule has 0 bridgehead atoms. The molecule has 0 aromatic heterocycles. The maximum absolute atomic E-state index is 11.5. The zero-order chi connectivity index (χ0) is 13.0. The number of benzene rings is 1. The largest absolute Gasteiger partial charge is 0.370 e. The van der Waals surface area contributed by atoms with Crippen molar-refractivity contribution in [2.24, 2.45) is 0 Å². The number of rotatable bonds is 3. The van der Waals surface area contributed by atoms with Gasteiger partial charge in [-0.05, 0) is 31.0 Å². The van der Waals surface area contributed by atoms with Gasteiger partial charge in [0.1, 0.15) is 6.42 Å². The fourth-order valence-corrected chi connectivity index (χ4v) is 2.28. The Hall–Kier alpha value is -1.73. The van der Waals surface area contributed by atoms with Crippen molar-refractivity contribution in [1.82, 2.24) is 0 Å². The number of carbonyl (C=O) groups excluding carboxylic acids is 1. The summed E-state index contributed by atoms with van der Waals surface area (Å²) in [5.41, 5.74) is 1.66. The Labute approximate surface area is 111 Å². The lowest BCUT2D eigenvalue weighted by Gasteiger charge is -2.21. The molecule has 94 valence electrons. The van der Waals surface area contributed by atoms with Crippen LogP contribution < -0.4 is 10.2 Å². The Balaban J connectivity index is 2.23. The maximum Gasteiger partial charge on any atom is 0.238 e. The average molecular weight is 264 g/mol. The van der Waals surface area contributed by atoms with Gasteiger partial charge in [0.2, 0.25) is 5.91 Å². The summed E-state index contributed by atoms with van der Waals surface area (Å²) >= 11 is 5.95. The lowest BCUT2D eigenvalue weighted by Crippen LogP contribution is -2.20. The number of nitrogens with one attached hydrogen (secondary N) is 1. The second-order valence-corrected chi connectivity index (χ2v) is 4.68. The number of hydrogen-bond donors (Lipinski definition) is 1. The van der Waals surface area contributed by atoms with Crippen LogP contribution in [0, 0.1) is 11.3 Å². The van der Waals surface area contributed by atoms with Crippen molar-refractivity contribution in [3.8, 4) is 6.07 Å². The van der Waals surface area contributed by atoms with Crippen molar-refractivity contribution >= 4 is 28.9 Å². The normalized spacial score (nSPS) is 14.3. The van der Waals surface area contributed by atoms with E-state index in [0.29, 0.717) is 10.7 Å². The Bertz CT molecular complexity index is 489. The third-order valence-corrected chi connectivity index (χ3v) is 3.15. The highest BCUT2D eigenvalue weighted by Crippen LogP contribution is 2.31. The minimum Gasteiger partial charge on any atom is -0.370 e. The molecule has 2 rings (SSSR count). The van der Waals surface area contributed by atoms with E-state index in [1.54, 1.807) is 6.07 Å². The molecule has 0 spiro atoms. The Morgan fingerprint density at radius 1 is 1.44 bits per heavy atom. The molecule has 1 heterocycles. The molecule has 1 N–H and O–H groups in total. The number of nitriles is 1. The predicted molar refractivity (Wildman–Crippen MR) is 71.8 cm³/mol. The SMILES string of the molecule is N#CCC(=O)Nc1cc(Cl)ccc1N1CCCC1. The summed E-state index contributed by atoms with van der Waals surface area (Å²) < 4.78 is 0. The Morgan fingerprint density at radius 2 is 2.17 bits per heavy atom. The average Bonchev–Trinajstić information content (AvgIpc) is 2.83. The molecule has 1 fully saturated rings. The highest BCUT2D eigenvalue weighted by atomic mass is 35.5. The van der Waals surface area contributed by atoms with Crippen LogP contribution in [0.5, 0.6) is 0 Å². The number of anilines is 2. The van der Waals surface area contributed by atoms with E-state index in [4.69, 9.17) is 16.9 Å². The molecule has 0 aliphatic carbocycles. The predicted octanol–water partition coefficient (Wildman–Crippen LogP) is 2.79. The Morgan fingerprint density at radius 3 is 2.83 bits per heavy atom. The molecule has 4 nitrogen and oxygen atoms in total. The molecule has 1 aromatic carbocycles. The first-order chi connectivity index (χ1) is 8.70. The van der Waals surface area contributed by atoms with Crippen LogP contribution >= 0.6 is 11.6 Å². The van der Waals surface area contributed by atoms with Crippen molar-refractivity contribution in [3.05, 3.63) is 23.2 Å². The minimum absolute atomic E-state index is 0.147. The van der Waals surface area contributed by atoms with Crippen LogP contribution in [-0.2, 0) is 4.79 Å². The quantitative estimate of drug-likeness (QED) is 0.912. The van der Waals surface area contributed by atoms with Crippen molar-refractivity contribution in [3.63, 3.8) is 0 Å². The number of amides is 1. The third-order valence-electron chi connectivity index (χ3n) is 2.92. The molecule has 1 aliphatic rings. The molecular formula is C13H14ClN3O. The molecule has 1 saturated heterocycles. The van der Waals surface area contributed by atoms with Crippen LogP contribution in [0.25, 0.3) is 0 Å². The summed E-state index contributed by atoms with van der Waals surface area (Å²) in [4.78, 5) is 13.7. The molecule has 0 atom stereocenters. The molecule has 0 saturated carbocycles. The van der Waals surface area contributed by atoms with E-state index in [-0.39, 0.29) is 12.3 Å². The van der Waals surface area contributed by atoms with Crippen LogP contribution in [-0.4, -0.2) is 19.0 Å². The van der Waals surface area contributed by atoms with Gasteiger partial charge in [0.15, 0.2) is 0 Å². The van der Waals surface area contributed by atoms with Gasteiger partial charge in [0.25, 0.3) is 0 Å². The van der Waals surface area contributed by atoms with Gasteiger partial charge >= 0.3 is 0 Å². The topological polar surface area (TPSA) is 56.1 Å². The zero-order valence-electron chi connectivity index (χ0n) is 9.95. The van der Waals surface area contributed by atoms with Gasteiger partial charge < -0.3 is 10.2 Å². The van der Waals surface area contributed by atoms with E-state index in [0.717, 1.165) is 31.6 Å². The number of hydrogen-bond acceptors (Lipinski definition) is 3. The monoisotopic (exact) mass is 263 g/mol. The zero-order valence-corrected chi connectivity index (χ0v) is 10.7. The Kier molecular flexibility index (Phi) is 4.06. The number of carbonyl (C=O) groups is 1.